The summed E-state index contributed by atoms with van der Waals surface area (Å²) in [6.07, 6.45) is 0. The molecule has 2 aromatic heterocycles. The van der Waals surface area contributed by atoms with Crippen molar-refractivity contribution in [1.82, 2.24) is 9.05 Å². The fourth-order valence-corrected chi connectivity index (χ4v) is 8.94. The first-order valence-corrected chi connectivity index (χ1v) is 19.0. The topological polar surface area (TPSA) is 9.86 Å². The molecule has 7 aromatic carbocycles. The van der Waals surface area contributed by atoms with Crippen molar-refractivity contribution in [3.05, 3.63) is 163 Å². The van der Waals surface area contributed by atoms with Crippen LogP contribution in [-0.4, -0.2) is 15.9 Å². The van der Waals surface area contributed by atoms with E-state index in [0.717, 1.165) is 0 Å². The van der Waals surface area contributed by atoms with E-state index in [4.69, 9.17) is 0 Å². The second-order valence-electron chi connectivity index (χ2n) is 17.0. The highest BCUT2D eigenvalue weighted by Gasteiger charge is 2.38. The van der Waals surface area contributed by atoms with Gasteiger partial charge in [0.1, 0.15) is 0 Å². The Morgan fingerprint density at radius 1 is 0.434 bits per heavy atom. The second kappa shape index (κ2) is 11.4. The highest BCUT2D eigenvalue weighted by Crippen LogP contribution is 2.41. The summed E-state index contributed by atoms with van der Waals surface area (Å²) >= 11 is 0. The standard InChI is InChI=1S/C50H43BN2/c1-49(2,3)35-22-25-38-39-26-23-36(50(4,5)6)31-46(39)53(45(38)30-35)51-42-19-13-14-20-43(42)52-44-29-34(32-15-9-7-10-16-32)21-24-40(44)41-28-27-37(47(51)48(41)52)33-17-11-8-12-18-33/h7-31H,1-6H3. The van der Waals surface area contributed by atoms with Gasteiger partial charge in [0.2, 0.25) is 0 Å². The Balaban J connectivity index is 1.40. The second-order valence-corrected chi connectivity index (χ2v) is 17.0. The maximum Gasteiger partial charge on any atom is 0.333 e. The molecule has 2 nitrogen and oxygen atoms in total. The molecule has 0 N–H and O–H groups in total. The first-order valence-electron chi connectivity index (χ1n) is 19.0. The van der Waals surface area contributed by atoms with Crippen molar-refractivity contribution in [2.45, 2.75) is 52.4 Å². The highest BCUT2D eigenvalue weighted by atomic mass is 15.0. The van der Waals surface area contributed by atoms with Gasteiger partial charge in [-0.25, -0.2) is 0 Å². The molecular weight excluding hydrogens is 639 g/mol. The fourth-order valence-electron chi connectivity index (χ4n) is 8.94. The average molecular weight is 683 g/mol. The number of nitrogens with zero attached hydrogens (tertiary/aromatic N) is 2. The molecule has 0 saturated heterocycles. The van der Waals surface area contributed by atoms with E-state index in [0.29, 0.717) is 0 Å². The lowest BCUT2D eigenvalue weighted by atomic mass is 9.46. The van der Waals surface area contributed by atoms with Crippen LogP contribution in [0.3, 0.4) is 0 Å². The zero-order valence-electron chi connectivity index (χ0n) is 31.4. The van der Waals surface area contributed by atoms with Crippen molar-refractivity contribution >= 4 is 61.4 Å². The SMILES string of the molecule is CC(C)(C)c1ccc2c3ccc(C(C)(C)C)cc3n(B3c4ccccc4-n4c5cc(-c6ccccc6)ccc5c5ccc(-c6ccccc6)c3c54)c2c1. The molecule has 10 rings (SSSR count). The Kier molecular flexibility index (Phi) is 6.83. The lowest BCUT2D eigenvalue weighted by molar-refractivity contribution is 0.591. The van der Waals surface area contributed by atoms with Crippen LogP contribution in [0.1, 0.15) is 52.7 Å². The predicted molar refractivity (Wildman–Crippen MR) is 229 cm³/mol. The van der Waals surface area contributed by atoms with Crippen LogP contribution in [0.25, 0.3) is 71.6 Å². The molecule has 0 atom stereocenters. The van der Waals surface area contributed by atoms with Gasteiger partial charge in [-0.2, -0.15) is 0 Å². The summed E-state index contributed by atoms with van der Waals surface area (Å²) < 4.78 is 5.27. The van der Waals surface area contributed by atoms with E-state index in [2.05, 4.69) is 202 Å². The largest absolute Gasteiger partial charge is 0.376 e. The van der Waals surface area contributed by atoms with Crippen LogP contribution in [0.5, 0.6) is 0 Å². The van der Waals surface area contributed by atoms with Crippen molar-refractivity contribution < 1.29 is 0 Å². The van der Waals surface area contributed by atoms with Crippen LogP contribution in [0.2, 0.25) is 0 Å². The van der Waals surface area contributed by atoms with Gasteiger partial charge in [0.15, 0.2) is 0 Å². The molecule has 0 radical (unpaired) electrons. The summed E-state index contributed by atoms with van der Waals surface area (Å²) in [5, 5.41) is 5.18. The third kappa shape index (κ3) is 4.80. The van der Waals surface area contributed by atoms with E-state index >= 15 is 0 Å². The lowest BCUT2D eigenvalue weighted by Gasteiger charge is -2.31. The van der Waals surface area contributed by atoms with E-state index in [1.54, 1.807) is 0 Å². The zero-order chi connectivity index (χ0) is 36.2. The van der Waals surface area contributed by atoms with Gasteiger partial charge in [0.05, 0.1) is 11.0 Å². The summed E-state index contributed by atoms with van der Waals surface area (Å²) in [6.45, 7) is 13.9. The normalized spacial score (nSPS) is 13.1. The minimum Gasteiger partial charge on any atom is -0.376 e. The molecule has 1 aliphatic heterocycles. The number of aromatic nitrogens is 2. The molecule has 0 amide bonds. The molecule has 0 fully saturated rings. The number of para-hydroxylation sites is 1. The fraction of sp³-hybridized carbons (Fsp3) is 0.160. The van der Waals surface area contributed by atoms with Crippen LogP contribution < -0.4 is 10.9 Å². The number of benzene rings is 7. The van der Waals surface area contributed by atoms with Crippen molar-refractivity contribution in [2.75, 3.05) is 0 Å². The van der Waals surface area contributed by atoms with Gasteiger partial charge in [0.25, 0.3) is 0 Å². The molecule has 0 spiro atoms. The molecular formula is C50H43BN2. The molecule has 1 aliphatic rings. The maximum absolute atomic E-state index is 2.70. The van der Waals surface area contributed by atoms with E-state index < -0.39 is 0 Å². The summed E-state index contributed by atoms with van der Waals surface area (Å²) in [5.74, 6) is 0. The molecule has 0 saturated carbocycles. The summed E-state index contributed by atoms with van der Waals surface area (Å²) in [5.41, 5.74) is 16.7. The van der Waals surface area contributed by atoms with Gasteiger partial charge < -0.3 is 9.05 Å². The quantitative estimate of drug-likeness (QED) is 0.164. The number of hydrogen-bond donors (Lipinski definition) is 0. The van der Waals surface area contributed by atoms with E-state index in [9.17, 15) is 0 Å². The molecule has 0 unspecified atom stereocenters. The van der Waals surface area contributed by atoms with Crippen LogP contribution >= 0.6 is 0 Å². The van der Waals surface area contributed by atoms with Gasteiger partial charge in [0, 0.05) is 38.3 Å². The number of hydrogen-bond acceptors (Lipinski definition) is 0. The Hall–Kier alpha value is -5.80. The van der Waals surface area contributed by atoms with Gasteiger partial charge in [-0.1, -0.05) is 169 Å². The third-order valence-electron chi connectivity index (χ3n) is 11.7. The molecule has 53 heavy (non-hydrogen) atoms. The molecule has 0 bridgehead atoms. The summed E-state index contributed by atoms with van der Waals surface area (Å²) in [6, 6.07) is 57.1. The highest BCUT2D eigenvalue weighted by molar-refractivity contribution is 6.89. The zero-order valence-corrected chi connectivity index (χ0v) is 31.4. The van der Waals surface area contributed by atoms with Gasteiger partial charge in [-0.05, 0) is 79.4 Å². The lowest BCUT2D eigenvalue weighted by Crippen LogP contribution is -2.53. The minimum atomic E-state index is -0.0686. The van der Waals surface area contributed by atoms with Crippen molar-refractivity contribution in [2.24, 2.45) is 0 Å². The third-order valence-corrected chi connectivity index (χ3v) is 11.7. The van der Waals surface area contributed by atoms with Crippen molar-refractivity contribution in [1.29, 1.82) is 0 Å². The Morgan fingerprint density at radius 2 is 0.962 bits per heavy atom. The predicted octanol–water partition coefficient (Wildman–Crippen LogP) is 11.8. The first kappa shape index (κ1) is 31.9. The van der Waals surface area contributed by atoms with E-state index in [1.165, 1.54) is 93.6 Å². The van der Waals surface area contributed by atoms with E-state index in [1.807, 2.05) is 0 Å². The van der Waals surface area contributed by atoms with Crippen molar-refractivity contribution in [3.8, 4) is 27.9 Å². The first-order chi connectivity index (χ1) is 25.6. The smallest absolute Gasteiger partial charge is 0.333 e. The average Bonchev–Trinajstić information content (AvgIpc) is 3.67. The molecule has 256 valence electrons. The van der Waals surface area contributed by atoms with Crippen LogP contribution in [-0.2, 0) is 10.8 Å². The molecule has 3 heterocycles. The molecule has 9 aromatic rings. The summed E-state index contributed by atoms with van der Waals surface area (Å²) in [4.78, 5) is 0. The van der Waals surface area contributed by atoms with E-state index in [-0.39, 0.29) is 17.7 Å². The number of fused-ring (bicyclic) bond motifs is 8. The molecule has 3 heteroatoms. The monoisotopic (exact) mass is 682 g/mol. The van der Waals surface area contributed by atoms with Crippen LogP contribution in [0.15, 0.2) is 152 Å². The van der Waals surface area contributed by atoms with Gasteiger partial charge in [-0.15, -0.1) is 0 Å². The Labute approximate surface area is 312 Å². The van der Waals surface area contributed by atoms with Crippen molar-refractivity contribution in [3.63, 3.8) is 0 Å². The Bertz CT molecular complexity index is 2820. The maximum atomic E-state index is 2.70. The molecule has 0 aliphatic carbocycles. The minimum absolute atomic E-state index is 0.00855. The number of rotatable bonds is 3. The van der Waals surface area contributed by atoms with Crippen LogP contribution in [0, 0.1) is 0 Å². The Morgan fingerprint density at radius 3 is 1.58 bits per heavy atom. The van der Waals surface area contributed by atoms with Crippen LogP contribution in [0.4, 0.5) is 0 Å². The summed E-state index contributed by atoms with van der Waals surface area (Å²) in [7, 11) is 0. The van der Waals surface area contributed by atoms with Gasteiger partial charge in [-0.3, -0.25) is 0 Å². The van der Waals surface area contributed by atoms with Gasteiger partial charge >= 0.3 is 6.85 Å².